The maximum absolute atomic E-state index is 6.67. The minimum atomic E-state index is -0.107. The van der Waals surface area contributed by atoms with Crippen molar-refractivity contribution < 1.29 is 0 Å². The van der Waals surface area contributed by atoms with Crippen molar-refractivity contribution in [3.8, 4) is 5.69 Å². The molecule has 0 radical (unpaired) electrons. The molecule has 1 aromatic carbocycles. The highest BCUT2D eigenvalue weighted by atomic mass is 15.5. The van der Waals surface area contributed by atoms with E-state index in [4.69, 9.17) is 5.73 Å². The second-order valence-electron chi connectivity index (χ2n) is 6.33. The van der Waals surface area contributed by atoms with Gasteiger partial charge in [0.25, 0.3) is 0 Å². The van der Waals surface area contributed by atoms with E-state index in [1.165, 1.54) is 19.3 Å². The van der Waals surface area contributed by atoms with E-state index in [0.717, 1.165) is 30.3 Å². The fraction of sp³-hybridized carbons (Fsp3) is 0.533. The summed E-state index contributed by atoms with van der Waals surface area (Å²) in [5.74, 6) is 2.35. The van der Waals surface area contributed by atoms with Crippen molar-refractivity contribution in [2.45, 2.75) is 37.6 Å². The predicted octanol–water partition coefficient (Wildman–Crippen LogP) is 1.72. The highest BCUT2D eigenvalue weighted by Crippen LogP contribution is 2.50. The van der Waals surface area contributed by atoms with Gasteiger partial charge in [0.2, 0.25) is 0 Å². The summed E-state index contributed by atoms with van der Waals surface area (Å²) in [6, 6.07) is 10.0. The van der Waals surface area contributed by atoms with E-state index in [2.05, 4.69) is 15.5 Å². The summed E-state index contributed by atoms with van der Waals surface area (Å²) in [6.07, 6.45) is 5.82. The summed E-state index contributed by atoms with van der Waals surface area (Å²) < 4.78 is 1.82. The van der Waals surface area contributed by atoms with Gasteiger partial charge in [-0.05, 0) is 53.7 Å². The van der Waals surface area contributed by atoms with Crippen molar-refractivity contribution in [1.29, 1.82) is 0 Å². The lowest BCUT2D eigenvalue weighted by molar-refractivity contribution is 0.264. The van der Waals surface area contributed by atoms with Crippen LogP contribution in [0.25, 0.3) is 5.69 Å². The van der Waals surface area contributed by atoms with Gasteiger partial charge in [0.1, 0.15) is 0 Å². The topological polar surface area (TPSA) is 69.6 Å². The van der Waals surface area contributed by atoms with E-state index in [1.54, 1.807) is 0 Å². The molecular weight excluding hydrogens is 250 g/mol. The first-order valence-electron chi connectivity index (χ1n) is 7.36. The number of rotatable bonds is 3. The Kier molecular flexibility index (Phi) is 2.63. The summed E-state index contributed by atoms with van der Waals surface area (Å²) >= 11 is 0. The maximum Gasteiger partial charge on any atom is 0.158 e. The molecule has 5 nitrogen and oxygen atoms in total. The first kappa shape index (κ1) is 12.0. The minimum absolute atomic E-state index is 0.107. The van der Waals surface area contributed by atoms with Gasteiger partial charge in [-0.15, -0.1) is 5.10 Å². The number of aromatic nitrogens is 4. The Balaban J connectivity index is 1.63. The third-order valence-corrected chi connectivity index (χ3v) is 5.05. The molecule has 4 rings (SSSR count). The van der Waals surface area contributed by atoms with Crippen molar-refractivity contribution in [1.82, 2.24) is 20.2 Å². The number of hydrogen-bond donors (Lipinski definition) is 1. The molecular formula is C15H19N5. The van der Waals surface area contributed by atoms with E-state index in [1.807, 2.05) is 35.0 Å². The molecule has 20 heavy (non-hydrogen) atoms. The van der Waals surface area contributed by atoms with Gasteiger partial charge in [-0.2, -0.15) is 4.68 Å². The zero-order valence-corrected chi connectivity index (χ0v) is 11.4. The van der Waals surface area contributed by atoms with Crippen molar-refractivity contribution in [2.75, 3.05) is 0 Å². The normalized spacial score (nSPS) is 31.9. The number of nitrogens with zero attached hydrogens (tertiary/aromatic N) is 4. The number of para-hydroxylation sites is 1. The van der Waals surface area contributed by atoms with Gasteiger partial charge < -0.3 is 5.73 Å². The molecule has 1 aromatic heterocycles. The highest BCUT2D eigenvalue weighted by Gasteiger charge is 2.49. The molecule has 104 valence electrons. The number of fused-ring (bicyclic) bond motifs is 2. The molecule has 3 atom stereocenters. The second-order valence-corrected chi connectivity index (χ2v) is 6.33. The lowest BCUT2D eigenvalue weighted by Gasteiger charge is -2.33. The largest absolute Gasteiger partial charge is 0.324 e. The Bertz CT molecular complexity index is 608. The SMILES string of the molecule is NC1(Cc2nnnn2-c2ccccc2)CC2CCC1C2. The summed E-state index contributed by atoms with van der Waals surface area (Å²) in [5, 5.41) is 12.2. The number of tetrazole rings is 1. The summed E-state index contributed by atoms with van der Waals surface area (Å²) in [7, 11) is 0. The maximum atomic E-state index is 6.67. The van der Waals surface area contributed by atoms with Gasteiger partial charge in [0.15, 0.2) is 5.82 Å². The molecule has 3 unspecified atom stereocenters. The molecule has 2 fully saturated rings. The second kappa shape index (κ2) is 4.38. The Morgan fingerprint density at radius 3 is 2.80 bits per heavy atom. The predicted molar refractivity (Wildman–Crippen MR) is 75.2 cm³/mol. The molecule has 0 amide bonds. The molecule has 0 aliphatic heterocycles. The van der Waals surface area contributed by atoms with Crippen LogP contribution in [0.15, 0.2) is 30.3 Å². The third-order valence-electron chi connectivity index (χ3n) is 5.05. The van der Waals surface area contributed by atoms with Crippen LogP contribution in [0.4, 0.5) is 0 Å². The van der Waals surface area contributed by atoms with Gasteiger partial charge >= 0.3 is 0 Å². The highest BCUT2D eigenvalue weighted by molar-refractivity contribution is 5.31. The minimum Gasteiger partial charge on any atom is -0.324 e. The van der Waals surface area contributed by atoms with Crippen LogP contribution in [0, 0.1) is 11.8 Å². The van der Waals surface area contributed by atoms with Gasteiger partial charge in [-0.3, -0.25) is 0 Å². The first-order chi connectivity index (χ1) is 9.74. The van der Waals surface area contributed by atoms with E-state index in [-0.39, 0.29) is 5.54 Å². The first-order valence-corrected chi connectivity index (χ1v) is 7.36. The molecule has 2 bridgehead atoms. The van der Waals surface area contributed by atoms with Crippen LogP contribution < -0.4 is 5.73 Å². The molecule has 5 heteroatoms. The van der Waals surface area contributed by atoms with Crippen LogP contribution in [-0.4, -0.2) is 25.7 Å². The zero-order chi connectivity index (χ0) is 13.6. The molecule has 2 aromatic rings. The molecule has 0 saturated heterocycles. The molecule has 2 aliphatic carbocycles. The van der Waals surface area contributed by atoms with Crippen molar-refractivity contribution >= 4 is 0 Å². The standard InChI is InChI=1S/C15H19N5/c16-15(9-11-6-7-12(15)8-11)10-14-17-18-19-20(14)13-4-2-1-3-5-13/h1-5,11-12H,6-10,16H2. The number of benzene rings is 1. The van der Waals surface area contributed by atoms with Crippen LogP contribution in [0.5, 0.6) is 0 Å². The Labute approximate surface area is 118 Å². The Hall–Kier alpha value is -1.75. The van der Waals surface area contributed by atoms with E-state index < -0.39 is 0 Å². The Morgan fingerprint density at radius 1 is 1.25 bits per heavy atom. The average molecular weight is 269 g/mol. The van der Waals surface area contributed by atoms with Crippen LogP contribution in [0.2, 0.25) is 0 Å². The average Bonchev–Trinajstić information content (AvgIpc) is 3.15. The van der Waals surface area contributed by atoms with E-state index in [9.17, 15) is 0 Å². The summed E-state index contributed by atoms with van der Waals surface area (Å²) in [4.78, 5) is 0. The fourth-order valence-electron chi connectivity index (χ4n) is 4.08. The summed E-state index contributed by atoms with van der Waals surface area (Å²) in [6.45, 7) is 0. The van der Waals surface area contributed by atoms with Gasteiger partial charge in [-0.1, -0.05) is 24.6 Å². The molecule has 2 aliphatic rings. The van der Waals surface area contributed by atoms with Crippen LogP contribution in [-0.2, 0) is 6.42 Å². The fourth-order valence-corrected chi connectivity index (χ4v) is 4.08. The lowest BCUT2D eigenvalue weighted by atomic mass is 9.79. The molecule has 1 heterocycles. The zero-order valence-electron chi connectivity index (χ0n) is 11.4. The molecule has 2 N–H and O–H groups in total. The molecule has 2 saturated carbocycles. The quantitative estimate of drug-likeness (QED) is 0.921. The monoisotopic (exact) mass is 269 g/mol. The van der Waals surface area contributed by atoms with Gasteiger partial charge in [-0.25, -0.2) is 0 Å². The van der Waals surface area contributed by atoms with E-state index in [0.29, 0.717) is 5.92 Å². The molecule has 0 spiro atoms. The van der Waals surface area contributed by atoms with Crippen molar-refractivity contribution in [2.24, 2.45) is 17.6 Å². The van der Waals surface area contributed by atoms with Gasteiger partial charge in [0.05, 0.1) is 5.69 Å². The van der Waals surface area contributed by atoms with Crippen molar-refractivity contribution in [3.05, 3.63) is 36.2 Å². The lowest BCUT2D eigenvalue weighted by Crippen LogP contribution is -2.47. The van der Waals surface area contributed by atoms with Gasteiger partial charge in [0, 0.05) is 12.0 Å². The number of hydrogen-bond acceptors (Lipinski definition) is 4. The Morgan fingerprint density at radius 2 is 2.10 bits per heavy atom. The van der Waals surface area contributed by atoms with Crippen LogP contribution >= 0.6 is 0 Å². The van der Waals surface area contributed by atoms with E-state index >= 15 is 0 Å². The van der Waals surface area contributed by atoms with Crippen molar-refractivity contribution in [3.63, 3.8) is 0 Å². The van der Waals surface area contributed by atoms with Crippen LogP contribution in [0.1, 0.15) is 31.5 Å². The smallest absolute Gasteiger partial charge is 0.158 e. The van der Waals surface area contributed by atoms with Crippen LogP contribution in [0.3, 0.4) is 0 Å². The third kappa shape index (κ3) is 1.85. The number of nitrogens with two attached hydrogens (primary N) is 1. The summed E-state index contributed by atoms with van der Waals surface area (Å²) in [5.41, 5.74) is 7.57.